The number of rotatable bonds is 3. The van der Waals surface area contributed by atoms with Gasteiger partial charge in [-0.1, -0.05) is 0 Å². The first kappa shape index (κ1) is 15.1. The molecule has 4 nitrogen and oxygen atoms in total. The number of methoxy groups -OCH3 is 1. The van der Waals surface area contributed by atoms with Gasteiger partial charge in [0.1, 0.15) is 0 Å². The first-order chi connectivity index (χ1) is 9.58. The summed E-state index contributed by atoms with van der Waals surface area (Å²) in [5.41, 5.74) is 2.86. The van der Waals surface area contributed by atoms with Crippen LogP contribution in [0.5, 0.6) is 0 Å². The van der Waals surface area contributed by atoms with Crippen LogP contribution in [-0.4, -0.2) is 52.4 Å². The van der Waals surface area contributed by atoms with Crippen molar-refractivity contribution >= 4 is 44.6 Å². The Labute approximate surface area is 132 Å². The van der Waals surface area contributed by atoms with Crippen molar-refractivity contribution in [2.75, 3.05) is 14.2 Å². The number of carbonyl (C=O) groups is 1. The van der Waals surface area contributed by atoms with E-state index in [4.69, 9.17) is 16.3 Å². The number of ether oxygens (including phenoxy) is 1. The van der Waals surface area contributed by atoms with E-state index >= 15 is 0 Å². The van der Waals surface area contributed by atoms with Crippen molar-refractivity contribution in [3.8, 4) is 0 Å². The summed E-state index contributed by atoms with van der Waals surface area (Å²) in [6.07, 6.45) is 1.75. The molecule has 1 unspecified atom stereocenters. The zero-order chi connectivity index (χ0) is 14.7. The molecule has 0 saturated heterocycles. The minimum absolute atomic E-state index is 0.328. The van der Waals surface area contributed by atoms with Gasteiger partial charge in [0.2, 0.25) is 0 Å². The summed E-state index contributed by atoms with van der Waals surface area (Å²) in [4.78, 5) is 18.0. The Morgan fingerprint density at radius 3 is 2.95 bits per heavy atom. The van der Waals surface area contributed by atoms with Gasteiger partial charge < -0.3 is 0 Å². The number of esters is 1. The standard InChI is InChI=1S/C14H14AsClN2O2/c1-18-11(10-5-3-4-9(6-10)7-16)8-17-13(15)12(18)14(19)20-2/h3-6,8,12H,7H2,1-2H3. The van der Waals surface area contributed by atoms with E-state index < -0.39 is 6.04 Å². The van der Waals surface area contributed by atoms with Crippen molar-refractivity contribution in [2.45, 2.75) is 11.9 Å². The molecule has 0 aliphatic carbocycles. The van der Waals surface area contributed by atoms with E-state index in [-0.39, 0.29) is 5.97 Å². The third-order valence-corrected chi connectivity index (χ3v) is 4.20. The number of likely N-dealkylation sites (N-methyl/N-ethyl adjacent to an activating group) is 1. The molecular weight excluding hydrogens is 339 g/mol. The average molecular weight is 353 g/mol. The van der Waals surface area contributed by atoms with Gasteiger partial charge in [-0.2, -0.15) is 0 Å². The molecule has 0 fully saturated rings. The van der Waals surface area contributed by atoms with Gasteiger partial charge in [0.05, 0.1) is 0 Å². The van der Waals surface area contributed by atoms with Crippen LogP contribution in [0.1, 0.15) is 11.1 Å². The van der Waals surface area contributed by atoms with E-state index in [1.54, 1.807) is 6.20 Å². The summed E-state index contributed by atoms with van der Waals surface area (Å²) in [7, 11) is 3.23. The summed E-state index contributed by atoms with van der Waals surface area (Å²) < 4.78 is 5.50. The summed E-state index contributed by atoms with van der Waals surface area (Å²) in [6.45, 7) is 0. The molecule has 2 radical (unpaired) electrons. The number of carbonyl (C=O) groups excluding carboxylic acids is 1. The fourth-order valence-electron chi connectivity index (χ4n) is 2.07. The molecular formula is C14H14AsClN2O2. The van der Waals surface area contributed by atoms with Gasteiger partial charge in [0, 0.05) is 0 Å². The molecule has 2 rings (SSSR count). The number of hydrogen-bond donors (Lipinski definition) is 0. The van der Waals surface area contributed by atoms with Crippen molar-refractivity contribution < 1.29 is 9.53 Å². The monoisotopic (exact) mass is 352 g/mol. The van der Waals surface area contributed by atoms with Crippen LogP contribution in [0, 0.1) is 0 Å². The molecule has 1 aromatic carbocycles. The normalized spacial score (nSPS) is 18.4. The summed E-state index contributed by atoms with van der Waals surface area (Å²) in [6, 6.07) is 7.35. The van der Waals surface area contributed by atoms with E-state index in [2.05, 4.69) is 21.8 Å². The van der Waals surface area contributed by atoms with Crippen LogP contribution < -0.4 is 0 Å². The average Bonchev–Trinajstić information content (AvgIpc) is 2.47. The van der Waals surface area contributed by atoms with Crippen LogP contribution in [-0.2, 0) is 15.4 Å². The Bertz CT molecular complexity index is 586. The molecule has 1 aromatic rings. The fourth-order valence-corrected chi connectivity index (χ4v) is 2.94. The fraction of sp³-hybridized carbons (Fsp3) is 0.286. The van der Waals surface area contributed by atoms with Gasteiger partial charge in [-0.25, -0.2) is 0 Å². The second kappa shape index (κ2) is 6.47. The third-order valence-electron chi connectivity index (χ3n) is 3.13. The Morgan fingerprint density at radius 2 is 2.30 bits per heavy atom. The van der Waals surface area contributed by atoms with E-state index in [0.29, 0.717) is 10.4 Å². The van der Waals surface area contributed by atoms with Crippen LogP contribution in [0.15, 0.2) is 35.5 Å². The number of alkyl halides is 1. The van der Waals surface area contributed by atoms with Gasteiger partial charge >= 0.3 is 132 Å². The number of nitrogens with zero attached hydrogens (tertiary/aromatic N) is 2. The van der Waals surface area contributed by atoms with E-state index in [0.717, 1.165) is 16.8 Å². The van der Waals surface area contributed by atoms with Gasteiger partial charge in [-0.05, 0) is 0 Å². The first-order valence-electron chi connectivity index (χ1n) is 6.01. The molecule has 20 heavy (non-hydrogen) atoms. The Morgan fingerprint density at radius 1 is 1.55 bits per heavy atom. The van der Waals surface area contributed by atoms with Crippen molar-refractivity contribution in [2.24, 2.45) is 4.99 Å². The molecule has 1 heterocycles. The number of benzene rings is 1. The maximum atomic E-state index is 11.9. The molecule has 0 N–H and O–H groups in total. The van der Waals surface area contributed by atoms with Gasteiger partial charge in [-0.3, -0.25) is 0 Å². The van der Waals surface area contributed by atoms with Crippen molar-refractivity contribution in [3.63, 3.8) is 0 Å². The minimum atomic E-state index is -0.514. The predicted molar refractivity (Wildman–Crippen MR) is 80.7 cm³/mol. The molecule has 0 amide bonds. The van der Waals surface area contributed by atoms with Crippen LogP contribution >= 0.6 is 11.6 Å². The molecule has 0 spiro atoms. The van der Waals surface area contributed by atoms with Crippen molar-refractivity contribution in [3.05, 3.63) is 41.6 Å². The zero-order valence-corrected chi connectivity index (χ0v) is 13.8. The predicted octanol–water partition coefficient (Wildman–Crippen LogP) is 1.78. The van der Waals surface area contributed by atoms with Crippen LogP contribution in [0.2, 0.25) is 0 Å². The van der Waals surface area contributed by atoms with E-state index in [9.17, 15) is 4.79 Å². The molecule has 104 valence electrons. The van der Waals surface area contributed by atoms with E-state index in [1.807, 2.05) is 36.2 Å². The first-order valence-corrected chi connectivity index (χ1v) is 7.48. The second-order valence-corrected chi connectivity index (χ2v) is 5.60. The second-order valence-electron chi connectivity index (χ2n) is 4.37. The summed E-state index contributed by atoms with van der Waals surface area (Å²) >= 11 is 8.18. The van der Waals surface area contributed by atoms with Crippen LogP contribution in [0.3, 0.4) is 0 Å². The maximum absolute atomic E-state index is 11.9. The molecule has 0 aromatic heterocycles. The summed E-state index contributed by atoms with van der Waals surface area (Å²) in [5, 5.41) is 0. The molecule has 6 heteroatoms. The molecule has 0 saturated carbocycles. The number of aliphatic imine (C=N–C) groups is 1. The topological polar surface area (TPSA) is 41.9 Å². The number of halogens is 1. The molecule has 1 atom stereocenters. The third kappa shape index (κ3) is 2.92. The van der Waals surface area contributed by atoms with Gasteiger partial charge in [0.25, 0.3) is 0 Å². The van der Waals surface area contributed by atoms with Gasteiger partial charge in [0.15, 0.2) is 0 Å². The molecule has 1 aliphatic rings. The Kier molecular flexibility index (Phi) is 4.90. The number of hydrogen-bond acceptors (Lipinski definition) is 4. The summed E-state index contributed by atoms with van der Waals surface area (Å²) in [5.74, 6) is 0.121. The Hall–Kier alpha value is -1.25. The SMILES string of the molecule is COC(=O)C1C([As])=NC=C(c2cccc(CCl)c2)N1C. The van der Waals surface area contributed by atoms with Crippen LogP contribution in [0.25, 0.3) is 5.70 Å². The van der Waals surface area contributed by atoms with Gasteiger partial charge in [-0.15, -0.1) is 0 Å². The molecule has 1 aliphatic heterocycles. The zero-order valence-electron chi connectivity index (χ0n) is 11.2. The van der Waals surface area contributed by atoms with Crippen molar-refractivity contribution in [1.82, 2.24) is 4.90 Å². The molecule has 0 bridgehead atoms. The quantitative estimate of drug-likeness (QED) is 0.473. The van der Waals surface area contributed by atoms with Crippen molar-refractivity contribution in [1.29, 1.82) is 0 Å². The van der Waals surface area contributed by atoms with E-state index in [1.165, 1.54) is 7.11 Å². The van der Waals surface area contributed by atoms with Crippen LogP contribution in [0.4, 0.5) is 0 Å². The Balaban J connectivity index is 2.39.